The molecule has 6 nitrogen and oxygen atoms in total. The van der Waals surface area contributed by atoms with Crippen LogP contribution in [0, 0.1) is 6.92 Å². The van der Waals surface area contributed by atoms with E-state index in [1.54, 1.807) is 47.4 Å². The summed E-state index contributed by atoms with van der Waals surface area (Å²) >= 11 is 6.07. The lowest BCUT2D eigenvalue weighted by molar-refractivity contribution is -0.133. The molecule has 0 N–H and O–H groups in total. The number of hydrogen-bond donors (Lipinski definition) is 0. The number of benzene rings is 3. The van der Waals surface area contributed by atoms with Gasteiger partial charge in [0.2, 0.25) is 5.91 Å². The summed E-state index contributed by atoms with van der Waals surface area (Å²) < 4.78 is 5.71. The number of nitrogens with zero attached hydrogens (tertiary/aromatic N) is 2. The largest absolute Gasteiger partial charge is 0.464 e. The van der Waals surface area contributed by atoms with Gasteiger partial charge in [-0.05, 0) is 42.8 Å². The predicted molar refractivity (Wildman–Crippen MR) is 145 cm³/mol. The maximum atomic E-state index is 13.6. The summed E-state index contributed by atoms with van der Waals surface area (Å²) in [6.07, 6.45) is 2.97. The van der Waals surface area contributed by atoms with Gasteiger partial charge in [0.05, 0.1) is 23.8 Å². The molecule has 2 amide bonds. The standard InChI is InChI=1S/C30H27ClN2O4/c1-3-14-32(30(36)23-10-7-11-25(31)16-23)19-28(34)33(17-22-8-5-4-6-9-22)18-24-20-37-27-13-12-21(2)15-26(27)29(24)35/h3-13,15-16,20H,1,14,17-19H2,2H3. The third-order valence-corrected chi connectivity index (χ3v) is 6.20. The quantitative estimate of drug-likeness (QED) is 0.272. The number of fused-ring (bicyclic) bond motifs is 1. The first-order valence-corrected chi connectivity index (χ1v) is 12.2. The fourth-order valence-electron chi connectivity index (χ4n) is 4.08. The number of amides is 2. The van der Waals surface area contributed by atoms with Gasteiger partial charge in [-0.25, -0.2) is 0 Å². The third-order valence-electron chi connectivity index (χ3n) is 5.96. The molecule has 0 saturated heterocycles. The molecule has 0 atom stereocenters. The molecule has 0 saturated carbocycles. The Balaban J connectivity index is 1.64. The zero-order valence-corrected chi connectivity index (χ0v) is 21.3. The van der Waals surface area contributed by atoms with E-state index in [-0.39, 0.29) is 43.4 Å². The molecule has 4 rings (SSSR count). The van der Waals surface area contributed by atoms with Gasteiger partial charge in [0.25, 0.3) is 5.91 Å². The summed E-state index contributed by atoms with van der Waals surface area (Å²) in [5.74, 6) is -0.652. The predicted octanol–water partition coefficient (Wildman–Crippen LogP) is 5.61. The number of halogens is 1. The third kappa shape index (κ3) is 6.35. The second-order valence-electron chi connectivity index (χ2n) is 8.81. The summed E-state index contributed by atoms with van der Waals surface area (Å²) in [6.45, 7) is 5.91. The van der Waals surface area contributed by atoms with Crippen LogP contribution in [0.3, 0.4) is 0 Å². The second-order valence-corrected chi connectivity index (χ2v) is 9.25. The van der Waals surface area contributed by atoms with Gasteiger partial charge in [0, 0.05) is 23.7 Å². The Morgan fingerprint density at radius 3 is 2.49 bits per heavy atom. The van der Waals surface area contributed by atoms with Crippen LogP contribution >= 0.6 is 11.6 Å². The molecule has 0 unspecified atom stereocenters. The summed E-state index contributed by atoms with van der Waals surface area (Å²) in [5.41, 5.74) is 2.88. The molecular weight excluding hydrogens is 488 g/mol. The minimum absolute atomic E-state index is 0.0349. The van der Waals surface area contributed by atoms with Gasteiger partial charge in [0.15, 0.2) is 5.43 Å². The molecule has 0 radical (unpaired) electrons. The van der Waals surface area contributed by atoms with E-state index in [4.69, 9.17) is 16.0 Å². The molecule has 37 heavy (non-hydrogen) atoms. The Bertz CT molecular complexity index is 1500. The Kier molecular flexibility index (Phi) is 8.21. The monoisotopic (exact) mass is 514 g/mol. The molecule has 1 heterocycles. The van der Waals surface area contributed by atoms with E-state index in [9.17, 15) is 14.4 Å². The highest BCUT2D eigenvalue weighted by molar-refractivity contribution is 6.31. The minimum atomic E-state index is -0.337. The molecule has 3 aromatic carbocycles. The van der Waals surface area contributed by atoms with Crippen LogP contribution in [0.5, 0.6) is 0 Å². The van der Waals surface area contributed by atoms with Gasteiger partial charge in [0.1, 0.15) is 12.1 Å². The van der Waals surface area contributed by atoms with Crippen molar-refractivity contribution < 1.29 is 14.0 Å². The number of hydrogen-bond acceptors (Lipinski definition) is 4. The molecule has 0 fully saturated rings. The van der Waals surface area contributed by atoms with Crippen molar-refractivity contribution in [1.29, 1.82) is 0 Å². The van der Waals surface area contributed by atoms with Gasteiger partial charge >= 0.3 is 0 Å². The summed E-state index contributed by atoms with van der Waals surface area (Å²) in [5, 5.41) is 0.897. The van der Waals surface area contributed by atoms with Crippen LogP contribution in [0.25, 0.3) is 11.0 Å². The van der Waals surface area contributed by atoms with E-state index < -0.39 is 0 Å². The molecule has 0 aliphatic rings. The highest BCUT2D eigenvalue weighted by Gasteiger charge is 2.23. The second kappa shape index (κ2) is 11.7. The van der Waals surface area contributed by atoms with Gasteiger partial charge in [-0.3, -0.25) is 14.4 Å². The van der Waals surface area contributed by atoms with E-state index >= 15 is 0 Å². The molecular formula is C30H27ClN2O4. The fraction of sp³-hybridized carbons (Fsp3) is 0.167. The van der Waals surface area contributed by atoms with Gasteiger partial charge in [-0.1, -0.05) is 65.7 Å². The molecule has 1 aromatic heterocycles. The van der Waals surface area contributed by atoms with Crippen LogP contribution in [-0.4, -0.2) is 34.7 Å². The van der Waals surface area contributed by atoms with Crippen molar-refractivity contribution in [1.82, 2.24) is 9.80 Å². The fourth-order valence-corrected chi connectivity index (χ4v) is 4.27. The first-order chi connectivity index (χ1) is 17.9. The molecule has 0 aliphatic carbocycles. The Labute approximate surface area is 220 Å². The lowest BCUT2D eigenvalue weighted by Crippen LogP contribution is -2.43. The SMILES string of the molecule is C=CCN(CC(=O)N(Cc1ccccc1)Cc1coc2ccc(C)cc2c1=O)C(=O)c1cccc(Cl)c1. The summed E-state index contributed by atoms with van der Waals surface area (Å²) in [7, 11) is 0. The molecule has 0 bridgehead atoms. The van der Waals surface area contributed by atoms with Gasteiger partial charge in [-0.15, -0.1) is 6.58 Å². The number of aryl methyl sites for hydroxylation is 1. The Hall–Kier alpha value is -4.16. The lowest BCUT2D eigenvalue weighted by atomic mass is 10.1. The Morgan fingerprint density at radius 1 is 0.973 bits per heavy atom. The molecule has 4 aromatic rings. The molecule has 188 valence electrons. The summed E-state index contributed by atoms with van der Waals surface area (Å²) in [4.78, 5) is 43.0. The lowest BCUT2D eigenvalue weighted by Gasteiger charge is -2.27. The topological polar surface area (TPSA) is 70.8 Å². The van der Waals surface area contributed by atoms with E-state index in [1.807, 2.05) is 43.3 Å². The van der Waals surface area contributed by atoms with Crippen LogP contribution in [0.15, 0.2) is 101 Å². The molecule has 7 heteroatoms. The highest BCUT2D eigenvalue weighted by atomic mass is 35.5. The van der Waals surface area contributed by atoms with Crippen LogP contribution in [-0.2, 0) is 17.9 Å². The first-order valence-electron chi connectivity index (χ1n) is 11.8. The average molecular weight is 515 g/mol. The number of carbonyl (C=O) groups excluding carboxylic acids is 2. The van der Waals surface area contributed by atoms with Crippen molar-refractivity contribution in [3.8, 4) is 0 Å². The zero-order chi connectivity index (χ0) is 26.4. The van der Waals surface area contributed by atoms with Crippen molar-refractivity contribution in [2.24, 2.45) is 0 Å². The van der Waals surface area contributed by atoms with Crippen molar-refractivity contribution >= 4 is 34.4 Å². The van der Waals surface area contributed by atoms with E-state index in [1.165, 1.54) is 11.2 Å². The van der Waals surface area contributed by atoms with Crippen LogP contribution in [0.4, 0.5) is 0 Å². The minimum Gasteiger partial charge on any atom is -0.464 e. The Morgan fingerprint density at radius 2 is 1.76 bits per heavy atom. The van der Waals surface area contributed by atoms with E-state index in [0.29, 0.717) is 27.1 Å². The van der Waals surface area contributed by atoms with Crippen LogP contribution in [0.2, 0.25) is 5.02 Å². The highest BCUT2D eigenvalue weighted by Crippen LogP contribution is 2.17. The maximum absolute atomic E-state index is 13.6. The molecule has 0 aliphatic heterocycles. The van der Waals surface area contributed by atoms with E-state index in [2.05, 4.69) is 6.58 Å². The first kappa shape index (κ1) is 25.9. The van der Waals surface area contributed by atoms with Crippen molar-refractivity contribution in [2.75, 3.05) is 13.1 Å². The van der Waals surface area contributed by atoms with Crippen molar-refractivity contribution in [2.45, 2.75) is 20.0 Å². The smallest absolute Gasteiger partial charge is 0.254 e. The normalized spacial score (nSPS) is 10.8. The van der Waals surface area contributed by atoms with E-state index in [0.717, 1.165) is 11.1 Å². The summed E-state index contributed by atoms with van der Waals surface area (Å²) in [6, 6.07) is 21.5. The van der Waals surface area contributed by atoms with Crippen molar-refractivity contribution in [3.63, 3.8) is 0 Å². The van der Waals surface area contributed by atoms with Crippen LogP contribution < -0.4 is 5.43 Å². The number of carbonyl (C=O) groups is 2. The van der Waals surface area contributed by atoms with Crippen LogP contribution in [0.1, 0.15) is 27.0 Å². The van der Waals surface area contributed by atoms with Gasteiger partial charge < -0.3 is 14.2 Å². The average Bonchev–Trinajstić information content (AvgIpc) is 2.90. The zero-order valence-electron chi connectivity index (χ0n) is 20.5. The van der Waals surface area contributed by atoms with Gasteiger partial charge in [-0.2, -0.15) is 0 Å². The number of rotatable bonds is 9. The molecule has 0 spiro atoms. The maximum Gasteiger partial charge on any atom is 0.254 e. The van der Waals surface area contributed by atoms with Crippen molar-refractivity contribution in [3.05, 3.63) is 129 Å².